The zero-order valence-electron chi connectivity index (χ0n) is 15.6. The van der Waals surface area contributed by atoms with E-state index in [0.29, 0.717) is 18.4 Å². The molecule has 9 heteroatoms. The van der Waals surface area contributed by atoms with Gasteiger partial charge in [0.25, 0.3) is 0 Å². The van der Waals surface area contributed by atoms with Crippen LogP contribution in [0.25, 0.3) is 0 Å². The van der Waals surface area contributed by atoms with Crippen LogP contribution >= 0.6 is 0 Å². The molecule has 0 fully saturated rings. The van der Waals surface area contributed by atoms with Gasteiger partial charge in [0.2, 0.25) is 5.91 Å². The highest BCUT2D eigenvalue weighted by Crippen LogP contribution is 2.32. The summed E-state index contributed by atoms with van der Waals surface area (Å²) < 4.78 is 30.4. The predicted octanol–water partition coefficient (Wildman–Crippen LogP) is 2.85. The van der Waals surface area contributed by atoms with E-state index < -0.39 is 22.4 Å². The molecule has 0 heterocycles. The average Bonchev–Trinajstić information content (AvgIpc) is 2.63. The number of urea groups is 1. The summed E-state index contributed by atoms with van der Waals surface area (Å²) in [4.78, 5) is 26.4. The van der Waals surface area contributed by atoms with Gasteiger partial charge in [0.15, 0.2) is 0 Å². The van der Waals surface area contributed by atoms with Crippen molar-refractivity contribution >= 4 is 28.1 Å². The van der Waals surface area contributed by atoms with Crippen LogP contribution in [0.4, 0.5) is 10.5 Å². The highest BCUT2D eigenvalue weighted by Gasteiger charge is 2.31. The van der Waals surface area contributed by atoms with Crippen LogP contribution in [0, 0.1) is 0 Å². The molecule has 0 spiro atoms. The Labute approximate surface area is 155 Å². The van der Waals surface area contributed by atoms with E-state index in [-0.39, 0.29) is 23.4 Å². The molecule has 0 aliphatic rings. The Morgan fingerprint density at radius 3 is 2.35 bits per heavy atom. The summed E-state index contributed by atoms with van der Waals surface area (Å²) in [5, 5.41) is 2.50. The van der Waals surface area contributed by atoms with Gasteiger partial charge in [-0.2, -0.15) is 8.42 Å². The van der Waals surface area contributed by atoms with Crippen molar-refractivity contribution in [2.24, 2.45) is 4.36 Å². The van der Waals surface area contributed by atoms with Crippen LogP contribution < -0.4 is 10.1 Å². The van der Waals surface area contributed by atoms with Crippen LogP contribution in [0.2, 0.25) is 0 Å². The molecule has 0 saturated heterocycles. The third-order valence-corrected chi connectivity index (χ3v) is 4.57. The minimum Gasteiger partial charge on any atom is -0.494 e. The zero-order chi connectivity index (χ0) is 19.9. The molecule has 1 aromatic carbocycles. The molecule has 0 saturated carbocycles. The van der Waals surface area contributed by atoms with Gasteiger partial charge in [-0.05, 0) is 37.5 Å². The lowest BCUT2D eigenvalue weighted by atomic mass is 9.97. The van der Waals surface area contributed by atoms with E-state index in [1.165, 1.54) is 25.1 Å². The Morgan fingerprint density at radius 1 is 1.27 bits per heavy atom. The minimum atomic E-state index is -2.65. The van der Waals surface area contributed by atoms with Gasteiger partial charge in [-0.15, -0.1) is 4.36 Å². The smallest absolute Gasteiger partial charge is 0.324 e. The first-order chi connectivity index (χ1) is 12.3. The van der Waals surface area contributed by atoms with Crippen LogP contribution in [0.1, 0.15) is 45.1 Å². The normalized spacial score (nSPS) is 11.6. The lowest BCUT2D eigenvalue weighted by Gasteiger charge is -2.30. The predicted molar refractivity (Wildman–Crippen MR) is 98.1 cm³/mol. The average molecular weight is 383 g/mol. The standard InChI is InChI=1S/C17H25N3O5S/c1-6-13(7-2)20(17(22)18-4)16(21)11(3)12-8-9-15(25-5)14(10-12)19-26(23)24/h8-11,13H,6-7H2,1-5H3,(H,18,22). The van der Waals surface area contributed by atoms with E-state index in [1.807, 2.05) is 13.8 Å². The first-order valence-electron chi connectivity index (χ1n) is 8.34. The van der Waals surface area contributed by atoms with Gasteiger partial charge < -0.3 is 10.1 Å². The fourth-order valence-electron chi connectivity index (χ4n) is 2.70. The number of hydrogen-bond donors (Lipinski definition) is 1. The Kier molecular flexibility index (Phi) is 8.24. The molecule has 1 N–H and O–H groups in total. The van der Waals surface area contributed by atoms with Crippen LogP contribution in [0.15, 0.2) is 22.6 Å². The number of methoxy groups -OCH3 is 1. The van der Waals surface area contributed by atoms with E-state index >= 15 is 0 Å². The number of imide groups is 1. The molecule has 8 nitrogen and oxygen atoms in total. The second-order valence-electron chi connectivity index (χ2n) is 5.70. The lowest BCUT2D eigenvalue weighted by molar-refractivity contribution is -0.131. The van der Waals surface area contributed by atoms with E-state index in [0.717, 1.165) is 0 Å². The molecule has 1 unspecified atom stereocenters. The van der Waals surface area contributed by atoms with Gasteiger partial charge in [0, 0.05) is 13.1 Å². The molecule has 144 valence electrons. The van der Waals surface area contributed by atoms with Crippen molar-refractivity contribution in [3.63, 3.8) is 0 Å². The first-order valence-corrected chi connectivity index (χ1v) is 9.37. The molecule has 0 aromatic heterocycles. The van der Waals surface area contributed by atoms with Crippen LogP contribution in [0.3, 0.4) is 0 Å². The van der Waals surface area contributed by atoms with Crippen LogP contribution in [0.5, 0.6) is 5.75 Å². The summed E-state index contributed by atoms with van der Waals surface area (Å²) >= 11 is 0. The number of amides is 3. The van der Waals surface area contributed by atoms with E-state index in [1.54, 1.807) is 19.1 Å². The second-order valence-corrected chi connectivity index (χ2v) is 6.31. The third-order valence-electron chi connectivity index (χ3n) is 4.22. The number of hydrogen-bond acceptors (Lipinski definition) is 6. The number of nitrogens with zero attached hydrogens (tertiary/aromatic N) is 2. The number of rotatable bonds is 7. The highest BCUT2D eigenvalue weighted by molar-refractivity contribution is 7.61. The van der Waals surface area contributed by atoms with Gasteiger partial charge in [0.1, 0.15) is 11.4 Å². The number of carbonyl (C=O) groups is 2. The van der Waals surface area contributed by atoms with Gasteiger partial charge >= 0.3 is 16.5 Å². The fraction of sp³-hybridized carbons (Fsp3) is 0.529. The van der Waals surface area contributed by atoms with E-state index in [4.69, 9.17) is 4.74 Å². The highest BCUT2D eigenvalue weighted by atomic mass is 32.2. The van der Waals surface area contributed by atoms with Crippen molar-refractivity contribution in [3.05, 3.63) is 23.8 Å². The Bertz CT molecular complexity index is 780. The minimum absolute atomic E-state index is 0.104. The van der Waals surface area contributed by atoms with Crippen molar-refractivity contribution in [3.8, 4) is 5.75 Å². The lowest BCUT2D eigenvalue weighted by Crippen LogP contribution is -2.49. The Hall–Kier alpha value is -2.42. The molecule has 0 aliphatic carbocycles. The molecule has 0 radical (unpaired) electrons. The van der Waals surface area contributed by atoms with Crippen LogP contribution in [-0.4, -0.2) is 45.5 Å². The molecule has 1 atom stereocenters. The van der Waals surface area contributed by atoms with Crippen molar-refractivity contribution in [2.75, 3.05) is 14.2 Å². The fourth-order valence-corrected chi connectivity index (χ4v) is 3.00. The van der Waals surface area contributed by atoms with Crippen molar-refractivity contribution in [2.45, 2.75) is 45.6 Å². The molecular weight excluding hydrogens is 358 g/mol. The summed E-state index contributed by atoms with van der Waals surface area (Å²) in [6.45, 7) is 5.49. The summed E-state index contributed by atoms with van der Waals surface area (Å²) in [6, 6.07) is 4.00. The number of benzene rings is 1. The topological polar surface area (TPSA) is 105 Å². The number of carbonyl (C=O) groups excluding carboxylic acids is 2. The van der Waals surface area contributed by atoms with Gasteiger partial charge in [-0.1, -0.05) is 19.9 Å². The molecule has 26 heavy (non-hydrogen) atoms. The number of ether oxygens (including phenoxy) is 1. The molecule has 1 rings (SSSR count). The molecule has 1 aromatic rings. The van der Waals surface area contributed by atoms with Crippen molar-refractivity contribution < 1.29 is 22.7 Å². The molecule has 0 aliphatic heterocycles. The van der Waals surface area contributed by atoms with Gasteiger partial charge in [-0.25, -0.2) is 4.79 Å². The largest absolute Gasteiger partial charge is 0.494 e. The molecular formula is C17H25N3O5S. The van der Waals surface area contributed by atoms with Gasteiger partial charge in [0.05, 0.1) is 13.0 Å². The number of nitrogens with one attached hydrogen (secondary N) is 1. The van der Waals surface area contributed by atoms with Gasteiger partial charge in [-0.3, -0.25) is 9.69 Å². The molecule has 0 bridgehead atoms. The van der Waals surface area contributed by atoms with E-state index in [9.17, 15) is 18.0 Å². The maximum atomic E-state index is 13.0. The quantitative estimate of drug-likeness (QED) is 0.779. The summed E-state index contributed by atoms with van der Waals surface area (Å²) in [7, 11) is 0.223. The van der Waals surface area contributed by atoms with Crippen molar-refractivity contribution in [1.29, 1.82) is 0 Å². The summed E-state index contributed by atoms with van der Waals surface area (Å²) in [6.07, 6.45) is 1.28. The Morgan fingerprint density at radius 2 is 1.88 bits per heavy atom. The summed E-state index contributed by atoms with van der Waals surface area (Å²) in [5.41, 5.74) is 0.645. The SMILES string of the molecule is CCC(CC)N(C(=O)NC)C(=O)C(C)c1ccc(OC)c(N=S(=O)=O)c1. The van der Waals surface area contributed by atoms with E-state index in [2.05, 4.69) is 9.68 Å². The van der Waals surface area contributed by atoms with Crippen molar-refractivity contribution in [1.82, 2.24) is 10.2 Å². The second kappa shape index (κ2) is 9.91. The Balaban J connectivity index is 3.31. The monoisotopic (exact) mass is 383 g/mol. The molecule has 3 amide bonds. The maximum absolute atomic E-state index is 13.0. The third kappa shape index (κ3) is 5.04. The maximum Gasteiger partial charge on any atom is 0.324 e. The zero-order valence-corrected chi connectivity index (χ0v) is 16.5. The van der Waals surface area contributed by atoms with Crippen LogP contribution in [-0.2, 0) is 15.3 Å². The summed E-state index contributed by atoms with van der Waals surface area (Å²) in [5.74, 6) is -0.744. The first kappa shape index (κ1) is 21.6.